The van der Waals surface area contributed by atoms with Crippen LogP contribution >= 0.6 is 0 Å². The van der Waals surface area contributed by atoms with Crippen molar-refractivity contribution in [1.29, 1.82) is 0 Å². The number of aromatic hydroxyl groups is 4. The Bertz CT molecular complexity index is 1280. The molecule has 0 heterocycles. The number of fused-ring (bicyclic) bond motifs is 10. The Morgan fingerprint density at radius 2 is 0.771 bits per heavy atom. The Kier molecular flexibility index (Phi) is 6.49. The summed E-state index contributed by atoms with van der Waals surface area (Å²) >= 11 is 0. The minimum Gasteiger partial charge on any atom is -0.504 e. The highest BCUT2D eigenvalue weighted by Gasteiger charge is 2.52. The van der Waals surface area contributed by atoms with Crippen LogP contribution < -0.4 is 0 Å². The van der Waals surface area contributed by atoms with Crippen LogP contribution in [-0.4, -0.2) is 20.4 Å². The van der Waals surface area contributed by atoms with Gasteiger partial charge in [0.05, 0.1) is 5.41 Å². The molecule has 4 aromatic carbocycles. The van der Waals surface area contributed by atoms with Crippen LogP contribution in [0.5, 0.6) is 23.0 Å². The molecule has 6 rings (SSSR count). The van der Waals surface area contributed by atoms with Crippen molar-refractivity contribution in [3.05, 3.63) is 95.1 Å². The van der Waals surface area contributed by atoms with Crippen LogP contribution in [-0.2, 0) is 5.41 Å². The smallest absolute Gasteiger partial charge is 0.158 e. The van der Waals surface area contributed by atoms with Crippen molar-refractivity contribution in [3.8, 4) is 45.3 Å². The van der Waals surface area contributed by atoms with Gasteiger partial charge >= 0.3 is 0 Å². The zero-order valence-corrected chi connectivity index (χ0v) is 20.6. The first-order valence-electron chi connectivity index (χ1n) is 12.2. The van der Waals surface area contributed by atoms with E-state index < -0.39 is 5.41 Å². The lowest BCUT2D eigenvalue weighted by atomic mass is 9.70. The summed E-state index contributed by atoms with van der Waals surface area (Å²) in [6.07, 6.45) is 2.50. The zero-order chi connectivity index (χ0) is 25.3. The largest absolute Gasteiger partial charge is 0.504 e. The molecule has 0 unspecified atom stereocenters. The third kappa shape index (κ3) is 3.52. The van der Waals surface area contributed by atoms with Crippen LogP contribution in [0.25, 0.3) is 22.3 Å². The molecular formula is C31H32O4. The zero-order valence-electron chi connectivity index (χ0n) is 20.6. The molecule has 35 heavy (non-hydrogen) atoms. The first kappa shape index (κ1) is 24.2. The number of phenolic OH excluding ortho intramolecular Hbond substituents is 4. The summed E-state index contributed by atoms with van der Waals surface area (Å²) in [7, 11) is 0. The van der Waals surface area contributed by atoms with Gasteiger partial charge in [-0.3, -0.25) is 0 Å². The summed E-state index contributed by atoms with van der Waals surface area (Å²) in [6.45, 7) is 8.50. The van der Waals surface area contributed by atoms with E-state index in [-0.39, 0.29) is 23.0 Å². The second kappa shape index (κ2) is 9.38. The van der Waals surface area contributed by atoms with Gasteiger partial charge in [0.1, 0.15) is 0 Å². The van der Waals surface area contributed by atoms with E-state index in [4.69, 9.17) is 0 Å². The molecule has 4 nitrogen and oxygen atoms in total. The number of benzene rings is 4. The molecule has 0 aromatic heterocycles. The van der Waals surface area contributed by atoms with Crippen LogP contribution in [0.2, 0.25) is 0 Å². The van der Waals surface area contributed by atoms with Gasteiger partial charge in [0.25, 0.3) is 0 Å². The summed E-state index contributed by atoms with van der Waals surface area (Å²) in [5.41, 5.74) is 6.55. The van der Waals surface area contributed by atoms with E-state index >= 15 is 0 Å². The van der Waals surface area contributed by atoms with Crippen molar-refractivity contribution in [2.24, 2.45) is 0 Å². The number of phenols is 4. The Labute approximate surface area is 206 Å². The molecule has 4 aromatic rings. The molecule has 0 radical (unpaired) electrons. The molecule has 0 saturated carbocycles. The van der Waals surface area contributed by atoms with E-state index in [1.54, 1.807) is 24.3 Å². The molecule has 1 spiro atoms. The maximum Gasteiger partial charge on any atom is 0.158 e. The summed E-state index contributed by atoms with van der Waals surface area (Å²) in [5.74, 6) is -0.721. The molecule has 0 amide bonds. The minimum absolute atomic E-state index is 0.171. The Balaban J connectivity index is 0.000000440. The van der Waals surface area contributed by atoms with Crippen LogP contribution in [0, 0.1) is 0 Å². The van der Waals surface area contributed by atoms with Crippen molar-refractivity contribution < 1.29 is 20.4 Å². The topological polar surface area (TPSA) is 80.9 Å². The first-order valence-corrected chi connectivity index (χ1v) is 12.2. The maximum atomic E-state index is 10.4. The van der Waals surface area contributed by atoms with Crippen molar-refractivity contribution in [1.82, 2.24) is 0 Å². The molecule has 180 valence electrons. The maximum absolute atomic E-state index is 10.4. The van der Waals surface area contributed by atoms with E-state index in [0.717, 1.165) is 44.5 Å². The fraction of sp³-hybridized carbons (Fsp3) is 0.226. The summed E-state index contributed by atoms with van der Waals surface area (Å²) < 4.78 is 0. The summed E-state index contributed by atoms with van der Waals surface area (Å²) in [5, 5.41) is 41.1. The van der Waals surface area contributed by atoms with E-state index in [1.165, 1.54) is 12.8 Å². The van der Waals surface area contributed by atoms with E-state index in [1.807, 2.05) is 48.5 Å². The van der Waals surface area contributed by atoms with Crippen molar-refractivity contribution in [2.75, 3.05) is 0 Å². The second-order valence-corrected chi connectivity index (χ2v) is 9.03. The lowest BCUT2D eigenvalue weighted by Crippen LogP contribution is -2.25. The van der Waals surface area contributed by atoms with Gasteiger partial charge < -0.3 is 20.4 Å². The minimum atomic E-state index is -0.756. The van der Waals surface area contributed by atoms with Crippen LogP contribution in [0.3, 0.4) is 0 Å². The van der Waals surface area contributed by atoms with E-state index in [0.29, 0.717) is 0 Å². The molecule has 0 bridgehead atoms. The van der Waals surface area contributed by atoms with Crippen molar-refractivity contribution in [2.45, 2.75) is 46.0 Å². The van der Waals surface area contributed by atoms with Crippen LogP contribution in [0.4, 0.5) is 0 Å². The highest BCUT2D eigenvalue weighted by molar-refractivity contribution is 5.96. The molecule has 4 N–H and O–H groups in total. The van der Waals surface area contributed by atoms with Gasteiger partial charge in [0.15, 0.2) is 23.0 Å². The fourth-order valence-corrected chi connectivity index (χ4v) is 5.18. The predicted molar refractivity (Wildman–Crippen MR) is 141 cm³/mol. The molecule has 0 saturated heterocycles. The first-order chi connectivity index (χ1) is 16.9. The van der Waals surface area contributed by atoms with E-state index in [9.17, 15) is 20.4 Å². The monoisotopic (exact) mass is 468 g/mol. The third-order valence-corrected chi connectivity index (χ3v) is 6.28. The molecule has 2 aliphatic carbocycles. The van der Waals surface area contributed by atoms with Gasteiger partial charge in [-0.15, -0.1) is 0 Å². The Morgan fingerprint density at radius 1 is 0.457 bits per heavy atom. The summed E-state index contributed by atoms with van der Waals surface area (Å²) in [6, 6.07) is 22.3. The SMILES string of the molecule is CCC.CCC.Oc1cc2c(cc1O)C1(c3ccccc3-2)c2ccccc2-c2cc(O)c(O)cc21. The Hall–Kier alpha value is -3.92. The average molecular weight is 469 g/mol. The molecule has 0 fully saturated rings. The number of hydrogen-bond donors (Lipinski definition) is 4. The van der Waals surface area contributed by atoms with Crippen molar-refractivity contribution >= 4 is 0 Å². The van der Waals surface area contributed by atoms with Gasteiger partial charge in [-0.05, 0) is 68.8 Å². The van der Waals surface area contributed by atoms with Crippen LogP contribution in [0.1, 0.15) is 62.8 Å². The fourth-order valence-electron chi connectivity index (χ4n) is 5.18. The summed E-state index contributed by atoms with van der Waals surface area (Å²) in [4.78, 5) is 0. The van der Waals surface area contributed by atoms with Gasteiger partial charge in [-0.2, -0.15) is 0 Å². The number of hydrogen-bond acceptors (Lipinski definition) is 4. The highest BCUT2D eigenvalue weighted by atomic mass is 16.3. The molecular weight excluding hydrogens is 436 g/mol. The van der Waals surface area contributed by atoms with Gasteiger partial charge in [0.2, 0.25) is 0 Å². The molecule has 4 heteroatoms. The van der Waals surface area contributed by atoms with E-state index in [2.05, 4.69) is 27.7 Å². The standard InChI is InChI=1S/C25H16O4.2C3H8/c26-21-9-15-13-5-1-3-7-17(13)25(19(15)11-23(21)28)18-8-4-2-6-14(18)16-10-22(27)24(29)12-20(16)25;2*1-3-2/h1-12,26-29H;2*3H2,1-2H3. The highest BCUT2D eigenvalue weighted by Crippen LogP contribution is 2.64. The molecule has 0 atom stereocenters. The van der Waals surface area contributed by atoms with Crippen LogP contribution in [0.15, 0.2) is 72.8 Å². The Morgan fingerprint density at radius 3 is 1.14 bits per heavy atom. The lowest BCUT2D eigenvalue weighted by Gasteiger charge is -2.30. The predicted octanol–water partition coefficient (Wildman–Crippen LogP) is 7.69. The second-order valence-electron chi connectivity index (χ2n) is 9.03. The quantitative estimate of drug-likeness (QED) is 0.172. The van der Waals surface area contributed by atoms with Gasteiger partial charge in [0, 0.05) is 0 Å². The average Bonchev–Trinajstić information content (AvgIpc) is 3.27. The third-order valence-electron chi connectivity index (χ3n) is 6.28. The molecule has 2 aliphatic rings. The molecule has 0 aliphatic heterocycles. The van der Waals surface area contributed by atoms with Gasteiger partial charge in [-0.1, -0.05) is 89.1 Å². The van der Waals surface area contributed by atoms with Crippen molar-refractivity contribution in [3.63, 3.8) is 0 Å². The number of rotatable bonds is 0. The lowest BCUT2D eigenvalue weighted by molar-refractivity contribution is 0.402. The van der Waals surface area contributed by atoms with Gasteiger partial charge in [-0.25, -0.2) is 0 Å². The normalized spacial score (nSPS) is 12.9.